The van der Waals surface area contributed by atoms with E-state index in [0.29, 0.717) is 54.7 Å². The number of anilines is 2. The number of ether oxygens (including phenoxy) is 1. The molecule has 3 aliphatic heterocycles. The molecule has 25 heteroatoms. The van der Waals surface area contributed by atoms with Crippen molar-refractivity contribution in [1.29, 1.82) is 0 Å². The van der Waals surface area contributed by atoms with E-state index in [0.717, 1.165) is 73.6 Å². The van der Waals surface area contributed by atoms with Gasteiger partial charge in [-0.25, -0.2) is 34.6 Å². The number of nitrogens with zero attached hydrogens (tertiary/aromatic N) is 4. The van der Waals surface area contributed by atoms with E-state index in [2.05, 4.69) is 50.9 Å². The van der Waals surface area contributed by atoms with E-state index in [9.17, 15) is 49.0 Å². The molecule has 2 atom stereocenters. The molecule has 1 saturated heterocycles. The number of fused-ring (bicyclic) bond motifs is 6. The first-order valence-electron chi connectivity index (χ1n) is 24.3. The number of benzene rings is 4. The smallest absolute Gasteiger partial charge is 0.748 e. The molecule has 3 heterocycles. The Hall–Kier alpha value is -2.14. The molecule has 0 radical (unpaired) electrons. The zero-order chi connectivity index (χ0) is 53.7. The second kappa shape index (κ2) is 26.0. The van der Waals surface area contributed by atoms with Crippen LogP contribution in [0.4, 0.5) is 16.2 Å². The number of carbonyl (C=O) groups excluding carboxylic acids is 1. The van der Waals surface area contributed by atoms with E-state index in [1.807, 2.05) is 61.2 Å². The molecule has 4 aliphatic rings. The predicted molar refractivity (Wildman–Crippen MR) is 277 cm³/mol. The maximum absolute atomic E-state index is 12.9. The minimum Gasteiger partial charge on any atom is -0.748 e. The summed E-state index contributed by atoms with van der Waals surface area (Å²) in [5.74, 6) is 0. The van der Waals surface area contributed by atoms with Crippen molar-refractivity contribution >= 4 is 87.1 Å². The minimum atomic E-state index is -4.74. The normalized spacial score (nSPS) is 20.1. The van der Waals surface area contributed by atoms with Crippen LogP contribution in [0.15, 0.2) is 117 Å². The van der Waals surface area contributed by atoms with Gasteiger partial charge in [-0.1, -0.05) is 64.1 Å². The number of hydrogen-bond donors (Lipinski definition) is 0. The minimum absolute atomic E-state index is 0. The fraction of sp³-hybridized carbons (Fsp3) is 0.423. The first-order chi connectivity index (χ1) is 34.8. The van der Waals surface area contributed by atoms with E-state index in [-0.39, 0.29) is 132 Å². The fourth-order valence-electron chi connectivity index (χ4n) is 10.9. The quantitative estimate of drug-likeness (QED) is 0.0312. The molecule has 2 unspecified atom stereocenters. The van der Waals surface area contributed by atoms with E-state index in [4.69, 9.17) is 4.74 Å². The van der Waals surface area contributed by atoms with Crippen molar-refractivity contribution < 1.29 is 156 Å². The van der Waals surface area contributed by atoms with Gasteiger partial charge < -0.3 is 33.5 Å². The first-order valence-corrected chi connectivity index (χ1v) is 29.4. The van der Waals surface area contributed by atoms with Gasteiger partial charge in [-0.2, -0.15) is 4.33 Å². The van der Waals surface area contributed by atoms with Gasteiger partial charge >= 0.3 is 94.8 Å². The molecule has 18 nitrogen and oxygen atoms in total. The van der Waals surface area contributed by atoms with Crippen LogP contribution in [0.2, 0.25) is 0 Å². The first kappa shape index (κ1) is 65.7. The molecule has 2 fully saturated rings. The van der Waals surface area contributed by atoms with Crippen LogP contribution in [0.3, 0.4) is 0 Å². The molecule has 0 bridgehead atoms. The molecule has 4 aromatic carbocycles. The van der Waals surface area contributed by atoms with Crippen LogP contribution >= 0.6 is 12.0 Å². The summed E-state index contributed by atoms with van der Waals surface area (Å²) in [7, 11) is -13.9. The summed E-state index contributed by atoms with van der Waals surface area (Å²) in [6.07, 6.45) is 9.20. The molecular weight excluding hydrogens is 1100 g/mol. The molecule has 398 valence electrons. The third kappa shape index (κ3) is 13.9. The van der Waals surface area contributed by atoms with Crippen molar-refractivity contribution in [3.8, 4) is 0 Å². The van der Waals surface area contributed by atoms with Crippen molar-refractivity contribution in [3.63, 3.8) is 0 Å². The Morgan fingerprint density at radius 2 is 1.17 bits per heavy atom. The Morgan fingerprint density at radius 1 is 0.701 bits per heavy atom. The number of allylic oxidation sites excluding steroid dienone is 8. The van der Waals surface area contributed by atoms with Gasteiger partial charge in [0.1, 0.15) is 10.1 Å². The molecule has 4 aromatic rings. The Balaban J connectivity index is 0.00000364. The van der Waals surface area contributed by atoms with Gasteiger partial charge in [0.25, 0.3) is 0 Å². The van der Waals surface area contributed by atoms with Gasteiger partial charge in [-0.05, 0) is 128 Å². The van der Waals surface area contributed by atoms with Crippen molar-refractivity contribution in [2.24, 2.45) is 0 Å². The number of hydrogen-bond acceptors (Lipinski definition) is 17. The average Bonchev–Trinajstić information content (AvgIpc) is 3.94. The van der Waals surface area contributed by atoms with Crippen LogP contribution < -0.4 is 104 Å². The third-order valence-corrected chi connectivity index (χ3v) is 18.7. The second-order valence-corrected chi connectivity index (χ2v) is 25.8. The van der Waals surface area contributed by atoms with Gasteiger partial charge in [0.2, 0.25) is 5.71 Å². The van der Waals surface area contributed by atoms with Crippen molar-refractivity contribution in [1.82, 2.24) is 4.90 Å². The predicted octanol–water partition coefficient (Wildman–Crippen LogP) is -1.98. The number of rotatable bonds is 15. The Bertz CT molecular complexity index is 3430. The maximum Gasteiger partial charge on any atom is 1.00 e. The van der Waals surface area contributed by atoms with Gasteiger partial charge in [-0.15, -0.1) is 0 Å². The average molecular weight is 1160 g/mol. The maximum atomic E-state index is 12.9. The fourth-order valence-corrected chi connectivity index (χ4v) is 12.6. The molecular formula is C52H59N4Na3O14S4. The van der Waals surface area contributed by atoms with Crippen LogP contribution in [-0.2, 0) is 55.3 Å². The molecule has 8 rings (SSSR count). The standard InChI is InChI=1S/C52H62N4O14S4.3Na/c1-8-68-50(57)54-29-27-53(28-30-54)49-35(13-21-45-51(4,5)47-41-17-15-39(71-70-69-58)31-37(41)11-19-43(47)55(45)25-23-33(2)72(59,60)61)9-10-36(49)14-22-46-52(6,7)48-42-18-16-40(74(65,66)67)32-38(42)12-20-44(48)56(46)26-24-34(3)73(62,63)64;;;/h11-22,31-34H,8-10,23-30H2,1-7H3,(H3-,58,59,60,61,62,63,64,65,66,67);;;/q;3*+1/p-3. The number of piperazine rings is 1. The van der Waals surface area contributed by atoms with Gasteiger partial charge in [0.05, 0.1) is 56.9 Å². The SMILES string of the molecule is CCOC(=O)N1CC[N+](=C2C(=C/C=C3/N(CCC(C)S(=O)(=O)[O-])c4ccc5cc(SOO[O-])ccc5c4C3(C)C)CCC2=C/C=C2/N(CCC(C)S(=O)(=O)[O-])c3ccc4cc(S(=O)(=O)[O-])ccc4c3C2(C)C)CC1.[Na+].[Na+].[Na+]. The van der Waals surface area contributed by atoms with Crippen molar-refractivity contribution in [2.45, 2.75) is 105 Å². The van der Waals surface area contributed by atoms with Crippen LogP contribution in [-0.4, -0.2) is 117 Å². The van der Waals surface area contributed by atoms with E-state index in [1.54, 1.807) is 24.0 Å². The summed E-state index contributed by atoms with van der Waals surface area (Å²) in [6, 6.07) is 17.4. The van der Waals surface area contributed by atoms with Crippen LogP contribution in [0.1, 0.15) is 85.3 Å². The van der Waals surface area contributed by atoms with Crippen molar-refractivity contribution in [3.05, 3.63) is 119 Å². The topological polar surface area (TPSA) is 252 Å². The second-order valence-electron chi connectivity index (χ2n) is 20.1. The van der Waals surface area contributed by atoms with Crippen molar-refractivity contribution in [2.75, 3.05) is 55.7 Å². The van der Waals surface area contributed by atoms with E-state index >= 15 is 0 Å². The number of amides is 1. The van der Waals surface area contributed by atoms with Crippen LogP contribution in [0.25, 0.3) is 21.5 Å². The molecule has 1 saturated carbocycles. The molecule has 1 aliphatic carbocycles. The monoisotopic (exact) mass is 1160 g/mol. The van der Waals surface area contributed by atoms with E-state index < -0.39 is 51.7 Å². The molecule has 1 amide bonds. The molecule has 77 heavy (non-hydrogen) atoms. The van der Waals surface area contributed by atoms with E-state index in [1.165, 1.54) is 26.0 Å². The Labute approximate surface area is 522 Å². The van der Waals surface area contributed by atoms with Crippen LogP contribution in [0.5, 0.6) is 0 Å². The van der Waals surface area contributed by atoms with Crippen LogP contribution in [0, 0.1) is 0 Å². The Kier molecular flexibility index (Phi) is 22.2. The third-order valence-electron chi connectivity index (χ3n) is 14.9. The Morgan fingerprint density at radius 3 is 1.61 bits per heavy atom. The largest absolute Gasteiger partial charge is 1.00 e. The summed E-state index contributed by atoms with van der Waals surface area (Å²) in [5, 5.41) is 14.9. The van der Waals surface area contributed by atoms with Gasteiger partial charge in [0, 0.05) is 73.2 Å². The summed E-state index contributed by atoms with van der Waals surface area (Å²) in [6.45, 7) is 15.3. The molecule has 0 aromatic heterocycles. The van der Waals surface area contributed by atoms with Gasteiger partial charge in [0.15, 0.2) is 13.1 Å². The summed E-state index contributed by atoms with van der Waals surface area (Å²) in [4.78, 5) is 18.9. The summed E-state index contributed by atoms with van der Waals surface area (Å²) >= 11 is 0.785. The zero-order valence-electron chi connectivity index (χ0n) is 45.2. The summed E-state index contributed by atoms with van der Waals surface area (Å²) < 4.78 is 121. The molecule has 0 N–H and O–H groups in total. The zero-order valence-corrected chi connectivity index (χ0v) is 54.4. The number of carbonyl (C=O) groups is 1. The van der Waals surface area contributed by atoms with Gasteiger partial charge in [-0.3, -0.25) is 9.94 Å². The molecule has 0 spiro atoms. The summed E-state index contributed by atoms with van der Waals surface area (Å²) in [5.41, 5.74) is 6.68.